The summed E-state index contributed by atoms with van der Waals surface area (Å²) in [4.78, 5) is 1.20. The Labute approximate surface area is 110 Å². The molecule has 0 bridgehead atoms. The van der Waals surface area contributed by atoms with Crippen LogP contribution in [0.1, 0.15) is 30.2 Å². The molecule has 1 aromatic heterocycles. The molecular formula is C12H19F3N4. The standard InChI is InChI=1S/C12H19F3N4/c1-4-5-19(7-12(13,14)15)11-10(6-16)8(2)9(3)17-18-11/h4-7,16H2,1-3H3. The normalized spacial score (nSPS) is 11.7. The zero-order chi connectivity index (χ0) is 14.6. The Morgan fingerprint density at radius 3 is 2.32 bits per heavy atom. The molecule has 1 aromatic rings. The molecule has 19 heavy (non-hydrogen) atoms. The molecule has 7 heteroatoms. The van der Waals surface area contributed by atoms with E-state index in [4.69, 9.17) is 5.73 Å². The minimum absolute atomic E-state index is 0.148. The number of rotatable bonds is 5. The van der Waals surface area contributed by atoms with Gasteiger partial charge < -0.3 is 10.6 Å². The highest BCUT2D eigenvalue weighted by molar-refractivity contribution is 5.50. The van der Waals surface area contributed by atoms with Crippen molar-refractivity contribution in [3.63, 3.8) is 0 Å². The molecule has 4 nitrogen and oxygen atoms in total. The summed E-state index contributed by atoms with van der Waals surface area (Å²) in [7, 11) is 0. The summed E-state index contributed by atoms with van der Waals surface area (Å²) >= 11 is 0. The molecule has 0 amide bonds. The number of anilines is 1. The van der Waals surface area contributed by atoms with Crippen molar-refractivity contribution >= 4 is 5.82 Å². The molecule has 0 radical (unpaired) electrons. The van der Waals surface area contributed by atoms with E-state index in [0.717, 1.165) is 5.56 Å². The molecule has 0 aromatic carbocycles. The summed E-state index contributed by atoms with van der Waals surface area (Å²) in [5.41, 5.74) is 7.76. The van der Waals surface area contributed by atoms with Gasteiger partial charge in [0.2, 0.25) is 0 Å². The lowest BCUT2D eigenvalue weighted by Gasteiger charge is -2.26. The van der Waals surface area contributed by atoms with Gasteiger partial charge in [0, 0.05) is 18.7 Å². The lowest BCUT2D eigenvalue weighted by atomic mass is 10.1. The highest BCUT2D eigenvalue weighted by Gasteiger charge is 2.32. The zero-order valence-corrected chi connectivity index (χ0v) is 11.4. The van der Waals surface area contributed by atoms with Crippen LogP contribution in [0.15, 0.2) is 0 Å². The third kappa shape index (κ3) is 4.05. The molecule has 0 spiro atoms. The highest BCUT2D eigenvalue weighted by Crippen LogP contribution is 2.25. The number of hydrogen-bond acceptors (Lipinski definition) is 4. The molecule has 2 N–H and O–H groups in total. The number of aromatic nitrogens is 2. The van der Waals surface area contributed by atoms with Crippen LogP contribution in [-0.2, 0) is 6.54 Å². The minimum atomic E-state index is -4.28. The van der Waals surface area contributed by atoms with Gasteiger partial charge in [-0.25, -0.2) is 0 Å². The first-order chi connectivity index (χ1) is 8.80. The lowest BCUT2D eigenvalue weighted by Crippen LogP contribution is -2.36. The SMILES string of the molecule is CCCN(CC(F)(F)F)c1nnc(C)c(C)c1CN. The van der Waals surface area contributed by atoms with Gasteiger partial charge in [0.25, 0.3) is 0 Å². The maximum atomic E-state index is 12.6. The van der Waals surface area contributed by atoms with Gasteiger partial charge in [-0.05, 0) is 25.8 Å². The van der Waals surface area contributed by atoms with Gasteiger partial charge in [-0.2, -0.15) is 18.3 Å². The van der Waals surface area contributed by atoms with E-state index in [1.54, 1.807) is 13.8 Å². The number of nitrogens with two attached hydrogens (primary N) is 1. The van der Waals surface area contributed by atoms with Crippen LogP contribution in [0.4, 0.5) is 19.0 Å². The molecule has 0 unspecified atom stereocenters. The molecule has 0 fully saturated rings. The fraction of sp³-hybridized carbons (Fsp3) is 0.667. The first-order valence-electron chi connectivity index (χ1n) is 6.14. The van der Waals surface area contributed by atoms with Crippen LogP contribution in [0.25, 0.3) is 0 Å². The maximum Gasteiger partial charge on any atom is 0.405 e. The molecule has 1 heterocycles. The van der Waals surface area contributed by atoms with Crippen LogP contribution in [0.5, 0.6) is 0 Å². The van der Waals surface area contributed by atoms with Crippen LogP contribution >= 0.6 is 0 Å². The van der Waals surface area contributed by atoms with Crippen molar-refractivity contribution < 1.29 is 13.2 Å². The summed E-state index contributed by atoms with van der Waals surface area (Å²) < 4.78 is 37.8. The molecule has 1 rings (SSSR count). The molecule has 0 saturated carbocycles. The number of aryl methyl sites for hydroxylation is 1. The molecular weight excluding hydrogens is 257 g/mol. The first kappa shape index (κ1) is 15.7. The van der Waals surface area contributed by atoms with Crippen molar-refractivity contribution in [2.75, 3.05) is 18.0 Å². The summed E-state index contributed by atoms with van der Waals surface area (Å²) in [5.74, 6) is 0.241. The number of halogens is 3. The van der Waals surface area contributed by atoms with E-state index in [1.807, 2.05) is 6.92 Å². The molecule has 108 valence electrons. The predicted octanol–water partition coefficient (Wildman–Crippen LogP) is 2.33. The van der Waals surface area contributed by atoms with Gasteiger partial charge in [-0.3, -0.25) is 0 Å². The zero-order valence-electron chi connectivity index (χ0n) is 11.4. The van der Waals surface area contributed by atoms with E-state index in [9.17, 15) is 13.2 Å². The first-order valence-corrected chi connectivity index (χ1v) is 6.14. The van der Waals surface area contributed by atoms with E-state index in [1.165, 1.54) is 4.90 Å². The Hall–Kier alpha value is -1.37. The average molecular weight is 276 g/mol. The van der Waals surface area contributed by atoms with Crippen LogP contribution in [0.2, 0.25) is 0 Å². The van der Waals surface area contributed by atoms with Gasteiger partial charge in [0.05, 0.1) is 5.69 Å². The fourth-order valence-electron chi connectivity index (χ4n) is 1.89. The average Bonchev–Trinajstić information content (AvgIpc) is 2.30. The Morgan fingerprint density at radius 2 is 1.84 bits per heavy atom. The van der Waals surface area contributed by atoms with Gasteiger partial charge in [0.15, 0.2) is 5.82 Å². The third-order valence-corrected chi connectivity index (χ3v) is 2.93. The van der Waals surface area contributed by atoms with Crippen molar-refractivity contribution in [1.29, 1.82) is 0 Å². The monoisotopic (exact) mass is 276 g/mol. The summed E-state index contributed by atoms with van der Waals surface area (Å²) in [6.07, 6.45) is -3.68. The number of nitrogens with zero attached hydrogens (tertiary/aromatic N) is 3. The van der Waals surface area contributed by atoms with E-state index in [2.05, 4.69) is 10.2 Å². The molecule has 0 aliphatic heterocycles. The van der Waals surface area contributed by atoms with Gasteiger partial charge in [-0.1, -0.05) is 6.92 Å². The Balaban J connectivity index is 3.19. The smallest absolute Gasteiger partial charge is 0.346 e. The van der Waals surface area contributed by atoms with Crippen molar-refractivity contribution in [2.24, 2.45) is 5.73 Å². The Kier molecular flexibility index (Phi) is 5.11. The molecule has 0 aliphatic rings. The largest absolute Gasteiger partial charge is 0.405 e. The van der Waals surface area contributed by atoms with Crippen LogP contribution in [0.3, 0.4) is 0 Å². The van der Waals surface area contributed by atoms with Crippen molar-refractivity contribution in [3.8, 4) is 0 Å². The Bertz CT molecular complexity index is 432. The van der Waals surface area contributed by atoms with Crippen molar-refractivity contribution in [3.05, 3.63) is 16.8 Å². The second-order valence-electron chi connectivity index (χ2n) is 4.45. The molecule has 0 atom stereocenters. The van der Waals surface area contributed by atoms with Crippen LogP contribution in [0, 0.1) is 13.8 Å². The van der Waals surface area contributed by atoms with E-state index >= 15 is 0 Å². The highest BCUT2D eigenvalue weighted by atomic mass is 19.4. The van der Waals surface area contributed by atoms with E-state index in [-0.39, 0.29) is 18.9 Å². The van der Waals surface area contributed by atoms with Crippen LogP contribution < -0.4 is 10.6 Å². The van der Waals surface area contributed by atoms with E-state index < -0.39 is 12.7 Å². The number of alkyl halides is 3. The number of hydrogen-bond donors (Lipinski definition) is 1. The van der Waals surface area contributed by atoms with Crippen molar-refractivity contribution in [2.45, 2.75) is 39.9 Å². The quantitative estimate of drug-likeness (QED) is 0.896. The third-order valence-electron chi connectivity index (χ3n) is 2.93. The molecule has 0 saturated heterocycles. The van der Waals surface area contributed by atoms with Gasteiger partial charge >= 0.3 is 6.18 Å². The second-order valence-corrected chi connectivity index (χ2v) is 4.45. The second kappa shape index (κ2) is 6.18. The minimum Gasteiger partial charge on any atom is -0.346 e. The fourth-order valence-corrected chi connectivity index (χ4v) is 1.89. The Morgan fingerprint density at radius 1 is 1.21 bits per heavy atom. The topological polar surface area (TPSA) is 55.0 Å². The van der Waals surface area contributed by atoms with Crippen molar-refractivity contribution in [1.82, 2.24) is 10.2 Å². The summed E-state index contributed by atoms with van der Waals surface area (Å²) in [5, 5.41) is 7.81. The molecule has 0 aliphatic carbocycles. The lowest BCUT2D eigenvalue weighted by molar-refractivity contribution is -0.119. The van der Waals surface area contributed by atoms with Gasteiger partial charge in [0.1, 0.15) is 6.54 Å². The van der Waals surface area contributed by atoms with Gasteiger partial charge in [-0.15, -0.1) is 5.10 Å². The summed E-state index contributed by atoms with van der Waals surface area (Å²) in [6.45, 7) is 4.76. The van der Waals surface area contributed by atoms with E-state index in [0.29, 0.717) is 17.7 Å². The summed E-state index contributed by atoms with van der Waals surface area (Å²) in [6, 6.07) is 0. The maximum absolute atomic E-state index is 12.6. The van der Waals surface area contributed by atoms with Crippen LogP contribution in [-0.4, -0.2) is 29.5 Å². The predicted molar refractivity (Wildman–Crippen MR) is 68.0 cm³/mol.